The third kappa shape index (κ3) is 2.49. The van der Waals surface area contributed by atoms with Crippen LogP contribution in [0.25, 0.3) is 0 Å². The second kappa shape index (κ2) is 3.91. The molecule has 0 aromatic carbocycles. The summed E-state index contributed by atoms with van der Waals surface area (Å²) in [5.41, 5.74) is 0. The first-order chi connectivity index (χ1) is 5.59. The number of hydrogen-bond acceptors (Lipinski definition) is 4. The van der Waals surface area contributed by atoms with E-state index in [0.717, 1.165) is 5.82 Å². The monoisotopic (exact) mass is 187 g/mol. The van der Waals surface area contributed by atoms with Crippen LogP contribution in [0.15, 0.2) is 5.16 Å². The molecule has 2 N–H and O–H groups in total. The normalized spacial score (nSPS) is 16.0. The van der Waals surface area contributed by atoms with Gasteiger partial charge in [-0.15, -0.1) is 5.10 Å². The molecule has 2 unspecified atom stereocenters. The van der Waals surface area contributed by atoms with Crippen LogP contribution in [0.5, 0.6) is 0 Å². The Hall–Kier alpha value is -0.550. The molecule has 5 heteroatoms. The molecule has 4 nitrogen and oxygen atoms in total. The molecule has 0 radical (unpaired) electrons. The summed E-state index contributed by atoms with van der Waals surface area (Å²) in [4.78, 5) is 4.12. The molecule has 0 bridgehead atoms. The molecule has 1 aromatic rings. The van der Waals surface area contributed by atoms with E-state index in [0.29, 0.717) is 5.16 Å². The highest BCUT2D eigenvalue weighted by molar-refractivity contribution is 7.99. The lowest BCUT2D eigenvalue weighted by Gasteiger charge is -2.10. The number of nitrogens with zero attached hydrogens (tertiary/aromatic N) is 2. The highest BCUT2D eigenvalue weighted by Crippen LogP contribution is 2.20. The van der Waals surface area contributed by atoms with Crippen LogP contribution in [0.2, 0.25) is 0 Å². The van der Waals surface area contributed by atoms with Gasteiger partial charge in [-0.3, -0.25) is 5.10 Å². The van der Waals surface area contributed by atoms with E-state index in [2.05, 4.69) is 15.2 Å². The Morgan fingerprint density at radius 2 is 2.17 bits per heavy atom. The summed E-state index contributed by atoms with van der Waals surface area (Å²) in [6.45, 7) is 5.56. The first kappa shape index (κ1) is 9.54. The van der Waals surface area contributed by atoms with Crippen molar-refractivity contribution in [1.29, 1.82) is 0 Å². The molecule has 68 valence electrons. The maximum Gasteiger partial charge on any atom is 0.208 e. The molecule has 0 aliphatic carbocycles. The zero-order chi connectivity index (χ0) is 9.14. The predicted molar refractivity (Wildman–Crippen MR) is 48.1 cm³/mol. The van der Waals surface area contributed by atoms with Crippen molar-refractivity contribution in [3.05, 3.63) is 5.82 Å². The van der Waals surface area contributed by atoms with Crippen molar-refractivity contribution in [3.63, 3.8) is 0 Å². The second-order valence-corrected chi connectivity index (χ2v) is 4.11. The van der Waals surface area contributed by atoms with Gasteiger partial charge in [-0.05, 0) is 13.8 Å². The number of hydrogen-bond donors (Lipinski definition) is 2. The van der Waals surface area contributed by atoms with Crippen molar-refractivity contribution in [3.8, 4) is 0 Å². The van der Waals surface area contributed by atoms with Gasteiger partial charge in [0.15, 0.2) is 0 Å². The first-order valence-electron chi connectivity index (χ1n) is 3.83. The Kier molecular flexibility index (Phi) is 3.11. The highest BCUT2D eigenvalue weighted by Gasteiger charge is 2.12. The number of aromatic nitrogens is 3. The smallest absolute Gasteiger partial charge is 0.208 e. The van der Waals surface area contributed by atoms with E-state index in [1.54, 1.807) is 6.92 Å². The van der Waals surface area contributed by atoms with Crippen molar-refractivity contribution in [1.82, 2.24) is 15.2 Å². The lowest BCUT2D eigenvalue weighted by molar-refractivity contribution is 0.196. The van der Waals surface area contributed by atoms with Gasteiger partial charge in [0.1, 0.15) is 5.82 Å². The molecule has 0 saturated carbocycles. The fourth-order valence-corrected chi connectivity index (χ4v) is 1.46. The van der Waals surface area contributed by atoms with Crippen molar-refractivity contribution >= 4 is 11.8 Å². The number of aromatic amines is 1. The third-order valence-electron chi connectivity index (χ3n) is 1.55. The summed E-state index contributed by atoms with van der Waals surface area (Å²) in [6, 6.07) is 0. The van der Waals surface area contributed by atoms with E-state index < -0.39 is 0 Å². The lowest BCUT2D eigenvalue weighted by Crippen LogP contribution is -2.15. The van der Waals surface area contributed by atoms with Crippen LogP contribution < -0.4 is 0 Å². The number of nitrogens with one attached hydrogen (secondary N) is 1. The van der Waals surface area contributed by atoms with E-state index in [-0.39, 0.29) is 11.4 Å². The van der Waals surface area contributed by atoms with Gasteiger partial charge in [0.2, 0.25) is 5.16 Å². The van der Waals surface area contributed by atoms with E-state index in [1.807, 2.05) is 13.8 Å². The van der Waals surface area contributed by atoms with Gasteiger partial charge in [-0.25, -0.2) is 4.98 Å². The molecule has 12 heavy (non-hydrogen) atoms. The minimum Gasteiger partial charge on any atom is -0.392 e. The maximum absolute atomic E-state index is 9.20. The molecule has 1 aromatic heterocycles. The standard InChI is InChI=1S/C7H13N3OS/c1-4(11)5(2)12-7-8-6(3)9-10-7/h4-5,11H,1-3H3,(H,8,9,10). The van der Waals surface area contributed by atoms with Crippen LogP contribution in [0.3, 0.4) is 0 Å². The van der Waals surface area contributed by atoms with E-state index in [9.17, 15) is 5.11 Å². The quantitative estimate of drug-likeness (QED) is 0.692. The molecule has 0 aliphatic heterocycles. The number of aliphatic hydroxyl groups excluding tert-OH is 1. The summed E-state index contributed by atoms with van der Waals surface area (Å²) in [5.74, 6) is 0.801. The SMILES string of the molecule is Cc1nc(SC(C)C(C)O)n[nH]1. The van der Waals surface area contributed by atoms with Crippen molar-refractivity contribution in [2.45, 2.75) is 37.3 Å². The Balaban J connectivity index is 2.52. The topological polar surface area (TPSA) is 61.8 Å². The number of H-pyrrole nitrogens is 1. The summed E-state index contributed by atoms with van der Waals surface area (Å²) < 4.78 is 0. The molecule has 0 spiro atoms. The predicted octanol–water partition coefficient (Wildman–Crippen LogP) is 0.975. The number of aryl methyl sites for hydroxylation is 1. The van der Waals surface area contributed by atoms with Gasteiger partial charge in [0.25, 0.3) is 0 Å². The van der Waals surface area contributed by atoms with Crippen LogP contribution in [-0.4, -0.2) is 31.6 Å². The largest absolute Gasteiger partial charge is 0.392 e. The molecule has 0 saturated heterocycles. The molecule has 2 atom stereocenters. The zero-order valence-electron chi connectivity index (χ0n) is 7.40. The summed E-state index contributed by atoms with van der Waals surface area (Å²) in [6.07, 6.45) is -0.339. The third-order valence-corrected chi connectivity index (χ3v) is 2.71. The van der Waals surface area contributed by atoms with Crippen molar-refractivity contribution < 1.29 is 5.11 Å². The van der Waals surface area contributed by atoms with Gasteiger partial charge in [-0.2, -0.15) is 0 Å². The Labute approximate surface area is 75.8 Å². The Morgan fingerprint density at radius 1 is 1.50 bits per heavy atom. The van der Waals surface area contributed by atoms with Gasteiger partial charge in [0, 0.05) is 5.25 Å². The lowest BCUT2D eigenvalue weighted by atomic mass is 10.3. The Bertz CT molecular complexity index is 249. The summed E-state index contributed by atoms with van der Waals surface area (Å²) in [7, 11) is 0. The van der Waals surface area contributed by atoms with Gasteiger partial charge in [0.05, 0.1) is 6.10 Å². The minimum absolute atomic E-state index is 0.125. The highest BCUT2D eigenvalue weighted by atomic mass is 32.2. The van der Waals surface area contributed by atoms with Crippen LogP contribution in [-0.2, 0) is 0 Å². The fourth-order valence-electron chi connectivity index (χ4n) is 0.640. The van der Waals surface area contributed by atoms with Gasteiger partial charge < -0.3 is 5.11 Å². The average Bonchev–Trinajstić information content (AvgIpc) is 2.35. The number of aliphatic hydroxyl groups is 1. The number of rotatable bonds is 3. The maximum atomic E-state index is 9.20. The molecular weight excluding hydrogens is 174 g/mol. The number of thioether (sulfide) groups is 1. The summed E-state index contributed by atoms with van der Waals surface area (Å²) >= 11 is 1.47. The van der Waals surface area contributed by atoms with E-state index in [4.69, 9.17) is 0 Å². The van der Waals surface area contributed by atoms with Crippen molar-refractivity contribution in [2.24, 2.45) is 0 Å². The molecule has 1 rings (SSSR count). The molecular formula is C7H13N3OS. The van der Waals surface area contributed by atoms with Crippen LogP contribution in [0.4, 0.5) is 0 Å². The first-order valence-corrected chi connectivity index (χ1v) is 4.71. The van der Waals surface area contributed by atoms with E-state index in [1.165, 1.54) is 11.8 Å². The second-order valence-electron chi connectivity index (χ2n) is 2.77. The summed E-state index contributed by atoms with van der Waals surface area (Å²) in [5, 5.41) is 16.7. The van der Waals surface area contributed by atoms with Crippen LogP contribution >= 0.6 is 11.8 Å². The average molecular weight is 187 g/mol. The van der Waals surface area contributed by atoms with Gasteiger partial charge >= 0.3 is 0 Å². The minimum atomic E-state index is -0.339. The fraction of sp³-hybridized carbons (Fsp3) is 0.714. The van der Waals surface area contributed by atoms with E-state index >= 15 is 0 Å². The molecule has 1 heterocycles. The molecule has 0 fully saturated rings. The zero-order valence-corrected chi connectivity index (χ0v) is 8.22. The van der Waals surface area contributed by atoms with Crippen LogP contribution in [0.1, 0.15) is 19.7 Å². The molecule has 0 amide bonds. The Morgan fingerprint density at radius 3 is 2.58 bits per heavy atom. The van der Waals surface area contributed by atoms with Gasteiger partial charge in [-0.1, -0.05) is 18.7 Å². The molecule has 0 aliphatic rings. The van der Waals surface area contributed by atoms with Crippen molar-refractivity contribution in [2.75, 3.05) is 0 Å². The van der Waals surface area contributed by atoms with Crippen LogP contribution in [0, 0.1) is 6.92 Å².